The van der Waals surface area contributed by atoms with Crippen LogP contribution in [0.15, 0.2) is 60.9 Å². The number of esters is 1. The van der Waals surface area contributed by atoms with Gasteiger partial charge in [0.2, 0.25) is 0 Å². The van der Waals surface area contributed by atoms with Crippen molar-refractivity contribution in [3.8, 4) is 5.75 Å². The van der Waals surface area contributed by atoms with Crippen molar-refractivity contribution in [2.75, 3.05) is 0 Å². The second-order valence-corrected chi connectivity index (χ2v) is 7.55. The van der Waals surface area contributed by atoms with Crippen LogP contribution in [0.4, 0.5) is 0 Å². The van der Waals surface area contributed by atoms with Crippen molar-refractivity contribution < 1.29 is 14.3 Å². The number of carbonyl (C=O) groups is 1. The molecule has 0 fully saturated rings. The Morgan fingerprint density at radius 2 is 1.90 bits per heavy atom. The number of aromatic nitrogens is 4. The fraction of sp³-hybridized carbons (Fsp3) is 0.250. The fourth-order valence-corrected chi connectivity index (χ4v) is 3.20. The van der Waals surface area contributed by atoms with Crippen molar-refractivity contribution in [2.45, 2.75) is 40.0 Å². The van der Waals surface area contributed by atoms with Crippen LogP contribution in [0.25, 0.3) is 11.0 Å². The van der Waals surface area contributed by atoms with Gasteiger partial charge in [-0.15, -0.1) is 0 Å². The Labute approximate surface area is 180 Å². The maximum absolute atomic E-state index is 12.6. The number of rotatable bonds is 7. The van der Waals surface area contributed by atoms with E-state index in [1.165, 1.54) is 0 Å². The lowest BCUT2D eigenvalue weighted by molar-refractivity contribution is 0.0471. The van der Waals surface area contributed by atoms with E-state index in [1.807, 2.05) is 61.0 Å². The highest BCUT2D eigenvalue weighted by Crippen LogP contribution is 2.20. The molecule has 0 amide bonds. The van der Waals surface area contributed by atoms with Crippen molar-refractivity contribution >= 4 is 17.0 Å². The maximum atomic E-state index is 12.6. The standard InChI is InChI=1S/C24H24N4O3/c1-16(2)28-23-19(13-26-28)12-22(17(3)27-23)24(29)31-14-18-7-9-21(10-8-18)30-15-20-6-4-5-11-25-20/h4-13,16H,14-15H2,1-3H3. The molecule has 0 aliphatic rings. The van der Waals surface area contributed by atoms with Crippen LogP contribution >= 0.6 is 0 Å². The van der Waals surface area contributed by atoms with Gasteiger partial charge in [-0.1, -0.05) is 18.2 Å². The molecule has 0 spiro atoms. The predicted molar refractivity (Wildman–Crippen MR) is 117 cm³/mol. The van der Waals surface area contributed by atoms with E-state index in [1.54, 1.807) is 25.4 Å². The first-order valence-electron chi connectivity index (χ1n) is 10.1. The molecule has 0 atom stereocenters. The average molecular weight is 416 g/mol. The molecule has 0 radical (unpaired) electrons. The lowest BCUT2D eigenvalue weighted by Crippen LogP contribution is -2.10. The number of nitrogens with zero attached hydrogens (tertiary/aromatic N) is 4. The summed E-state index contributed by atoms with van der Waals surface area (Å²) in [6, 6.07) is 15.2. The summed E-state index contributed by atoms with van der Waals surface area (Å²) in [5.41, 5.74) is 3.58. The molecule has 7 heteroatoms. The summed E-state index contributed by atoms with van der Waals surface area (Å²) in [5.74, 6) is 0.327. The number of ether oxygens (including phenoxy) is 2. The molecule has 0 bridgehead atoms. The van der Waals surface area contributed by atoms with Crippen LogP contribution in [0.3, 0.4) is 0 Å². The van der Waals surface area contributed by atoms with Crippen LogP contribution in [-0.2, 0) is 18.0 Å². The van der Waals surface area contributed by atoms with Crippen molar-refractivity contribution in [3.63, 3.8) is 0 Å². The highest BCUT2D eigenvalue weighted by atomic mass is 16.5. The number of pyridine rings is 2. The first-order valence-corrected chi connectivity index (χ1v) is 10.1. The number of carbonyl (C=O) groups excluding carboxylic acids is 1. The Morgan fingerprint density at radius 1 is 1.10 bits per heavy atom. The zero-order chi connectivity index (χ0) is 21.8. The van der Waals surface area contributed by atoms with Gasteiger partial charge in [0.15, 0.2) is 5.65 Å². The van der Waals surface area contributed by atoms with Gasteiger partial charge in [0.1, 0.15) is 19.0 Å². The van der Waals surface area contributed by atoms with Gasteiger partial charge in [-0.25, -0.2) is 14.5 Å². The van der Waals surface area contributed by atoms with Crippen molar-refractivity contribution in [3.05, 3.63) is 83.4 Å². The molecule has 0 unspecified atom stereocenters. The maximum Gasteiger partial charge on any atom is 0.340 e. The van der Waals surface area contributed by atoms with Gasteiger partial charge >= 0.3 is 5.97 Å². The fourth-order valence-electron chi connectivity index (χ4n) is 3.20. The minimum Gasteiger partial charge on any atom is -0.487 e. The minimum atomic E-state index is -0.403. The third-order valence-electron chi connectivity index (χ3n) is 4.87. The molecular weight excluding hydrogens is 392 g/mol. The lowest BCUT2D eigenvalue weighted by atomic mass is 10.1. The SMILES string of the molecule is Cc1nc2c(cnn2C(C)C)cc1C(=O)OCc1ccc(OCc2ccccn2)cc1. The number of hydrogen-bond donors (Lipinski definition) is 0. The van der Waals surface area contributed by atoms with E-state index in [2.05, 4.69) is 15.1 Å². The van der Waals surface area contributed by atoms with Crippen LogP contribution < -0.4 is 4.74 Å². The van der Waals surface area contributed by atoms with Crippen molar-refractivity contribution in [2.24, 2.45) is 0 Å². The quantitative estimate of drug-likeness (QED) is 0.408. The summed E-state index contributed by atoms with van der Waals surface area (Å²) in [6.45, 7) is 6.46. The van der Waals surface area contributed by atoms with Gasteiger partial charge in [-0.2, -0.15) is 5.10 Å². The Bertz CT molecular complexity index is 1180. The van der Waals surface area contributed by atoms with Gasteiger partial charge in [-0.05, 0) is 56.7 Å². The van der Waals surface area contributed by atoms with E-state index in [4.69, 9.17) is 9.47 Å². The second kappa shape index (κ2) is 8.95. The van der Waals surface area contributed by atoms with Gasteiger partial charge in [0.05, 0.1) is 23.1 Å². The Balaban J connectivity index is 1.37. The molecule has 4 aromatic rings. The molecular formula is C24H24N4O3. The zero-order valence-electron chi connectivity index (χ0n) is 17.8. The van der Waals surface area contributed by atoms with E-state index < -0.39 is 5.97 Å². The van der Waals surface area contributed by atoms with Crippen LogP contribution in [0.1, 0.15) is 47.2 Å². The molecule has 3 aromatic heterocycles. The summed E-state index contributed by atoms with van der Waals surface area (Å²) in [5, 5.41) is 5.18. The van der Waals surface area contributed by atoms with Gasteiger partial charge in [-0.3, -0.25) is 4.98 Å². The Kier molecular flexibility index (Phi) is 5.93. The molecule has 0 aliphatic carbocycles. The smallest absolute Gasteiger partial charge is 0.340 e. The van der Waals surface area contributed by atoms with Crippen LogP contribution in [0, 0.1) is 6.92 Å². The molecule has 3 heterocycles. The van der Waals surface area contributed by atoms with Crippen molar-refractivity contribution in [1.29, 1.82) is 0 Å². The zero-order valence-corrected chi connectivity index (χ0v) is 17.8. The summed E-state index contributed by atoms with van der Waals surface area (Å²) in [6.07, 6.45) is 3.46. The minimum absolute atomic E-state index is 0.169. The number of hydrogen-bond acceptors (Lipinski definition) is 6. The lowest BCUT2D eigenvalue weighted by Gasteiger charge is -2.10. The van der Waals surface area contributed by atoms with E-state index in [-0.39, 0.29) is 12.6 Å². The normalized spacial score (nSPS) is 11.1. The van der Waals surface area contributed by atoms with E-state index in [0.29, 0.717) is 17.9 Å². The summed E-state index contributed by atoms with van der Waals surface area (Å²) in [4.78, 5) is 21.4. The number of aryl methyl sites for hydroxylation is 1. The third kappa shape index (κ3) is 4.71. The molecule has 31 heavy (non-hydrogen) atoms. The van der Waals surface area contributed by atoms with E-state index >= 15 is 0 Å². The highest BCUT2D eigenvalue weighted by Gasteiger charge is 2.16. The third-order valence-corrected chi connectivity index (χ3v) is 4.87. The summed E-state index contributed by atoms with van der Waals surface area (Å²) >= 11 is 0. The van der Waals surface area contributed by atoms with Crippen LogP contribution in [0.2, 0.25) is 0 Å². The largest absolute Gasteiger partial charge is 0.487 e. The van der Waals surface area contributed by atoms with Crippen LogP contribution in [0.5, 0.6) is 5.75 Å². The Hall–Kier alpha value is -3.74. The van der Waals surface area contributed by atoms with Gasteiger partial charge in [0, 0.05) is 17.6 Å². The molecule has 1 aromatic carbocycles. The number of fused-ring (bicyclic) bond motifs is 1. The van der Waals surface area contributed by atoms with Crippen molar-refractivity contribution in [1.82, 2.24) is 19.7 Å². The molecule has 0 saturated carbocycles. The molecule has 158 valence electrons. The number of benzene rings is 1. The Morgan fingerprint density at radius 3 is 2.61 bits per heavy atom. The molecule has 0 N–H and O–H groups in total. The molecule has 0 saturated heterocycles. The summed E-state index contributed by atoms with van der Waals surface area (Å²) in [7, 11) is 0. The average Bonchev–Trinajstić information content (AvgIpc) is 3.20. The first kappa shape index (κ1) is 20.5. The monoisotopic (exact) mass is 416 g/mol. The highest BCUT2D eigenvalue weighted by molar-refractivity contribution is 5.94. The van der Waals surface area contributed by atoms with E-state index in [9.17, 15) is 4.79 Å². The van der Waals surface area contributed by atoms with E-state index in [0.717, 1.165) is 28.0 Å². The van der Waals surface area contributed by atoms with Gasteiger partial charge < -0.3 is 9.47 Å². The molecule has 4 rings (SSSR count). The first-order chi connectivity index (χ1) is 15.0. The predicted octanol–water partition coefficient (Wildman–Crippen LogP) is 4.65. The summed E-state index contributed by atoms with van der Waals surface area (Å²) < 4.78 is 13.1. The van der Waals surface area contributed by atoms with Crippen LogP contribution in [-0.4, -0.2) is 25.7 Å². The molecule has 0 aliphatic heterocycles. The topological polar surface area (TPSA) is 79.1 Å². The van der Waals surface area contributed by atoms with Gasteiger partial charge in [0.25, 0.3) is 0 Å². The molecule has 7 nitrogen and oxygen atoms in total. The second-order valence-electron chi connectivity index (χ2n) is 7.55.